The molecule has 0 spiro atoms. The van der Waals surface area contributed by atoms with Gasteiger partial charge in [0.2, 0.25) is 0 Å². The number of hydrogen-bond acceptors (Lipinski definition) is 4. The maximum atomic E-state index is 10.7. The Labute approximate surface area is 87.9 Å². The minimum absolute atomic E-state index is 0.167. The lowest BCUT2D eigenvalue weighted by molar-refractivity contribution is 0.244. The lowest BCUT2D eigenvalue weighted by Crippen LogP contribution is -2.10. The van der Waals surface area contributed by atoms with Crippen LogP contribution in [0.15, 0.2) is 12.0 Å². The standard InChI is InChI=1S/C8H18O4S2/c1-5-13(3,4)8-6-7-12-14(9,10)11-2/h5H,1,6-8H2,2-4H3. The summed E-state index contributed by atoms with van der Waals surface area (Å²) in [4.78, 5) is 0. The van der Waals surface area contributed by atoms with Crippen LogP contribution in [0.25, 0.3) is 0 Å². The van der Waals surface area contributed by atoms with Crippen LogP contribution in [0.1, 0.15) is 6.42 Å². The van der Waals surface area contributed by atoms with Gasteiger partial charge in [-0.1, -0.05) is 12.0 Å². The SMILES string of the molecule is C=CS(C)(C)CCCOS(=O)(=O)OC. The van der Waals surface area contributed by atoms with Gasteiger partial charge in [-0.2, -0.15) is 8.42 Å². The summed E-state index contributed by atoms with van der Waals surface area (Å²) in [6.07, 6.45) is 4.92. The van der Waals surface area contributed by atoms with Crippen molar-refractivity contribution in [1.29, 1.82) is 0 Å². The Morgan fingerprint density at radius 1 is 1.36 bits per heavy atom. The molecule has 0 N–H and O–H groups in total. The van der Waals surface area contributed by atoms with Crippen molar-refractivity contribution in [3.05, 3.63) is 12.0 Å². The summed E-state index contributed by atoms with van der Waals surface area (Å²) in [7, 11) is -3.48. The third-order valence-electron chi connectivity index (χ3n) is 1.70. The van der Waals surface area contributed by atoms with Crippen molar-refractivity contribution < 1.29 is 16.8 Å². The molecule has 4 nitrogen and oxygen atoms in total. The molecule has 0 saturated carbocycles. The second-order valence-corrected chi connectivity index (χ2v) is 8.62. The average molecular weight is 242 g/mol. The number of rotatable bonds is 7. The van der Waals surface area contributed by atoms with Crippen LogP contribution in [0.4, 0.5) is 0 Å². The maximum absolute atomic E-state index is 10.7. The average Bonchev–Trinajstić information content (AvgIpc) is 2.13. The second kappa shape index (κ2) is 5.75. The summed E-state index contributed by atoms with van der Waals surface area (Å²) in [5, 5.41) is 1.93. The zero-order valence-electron chi connectivity index (χ0n) is 8.86. The quantitative estimate of drug-likeness (QED) is 0.635. The fraction of sp³-hybridized carbons (Fsp3) is 0.750. The van der Waals surface area contributed by atoms with Crippen LogP contribution in [0.2, 0.25) is 0 Å². The molecule has 0 rings (SSSR count). The monoisotopic (exact) mass is 242 g/mol. The van der Waals surface area contributed by atoms with E-state index in [1.807, 2.05) is 5.41 Å². The third-order valence-corrected chi connectivity index (χ3v) is 4.80. The first-order valence-corrected chi connectivity index (χ1v) is 8.13. The first-order chi connectivity index (χ1) is 6.33. The van der Waals surface area contributed by atoms with E-state index >= 15 is 0 Å². The first-order valence-electron chi connectivity index (χ1n) is 4.11. The van der Waals surface area contributed by atoms with Crippen LogP contribution >= 0.6 is 10.0 Å². The molecule has 0 unspecified atom stereocenters. The molecule has 0 aromatic carbocycles. The fourth-order valence-corrected chi connectivity index (χ4v) is 2.17. The van der Waals surface area contributed by atoms with E-state index in [9.17, 15) is 8.42 Å². The van der Waals surface area contributed by atoms with E-state index in [0.717, 1.165) is 12.9 Å². The van der Waals surface area contributed by atoms with E-state index < -0.39 is 20.4 Å². The van der Waals surface area contributed by atoms with Crippen molar-refractivity contribution in [3.63, 3.8) is 0 Å². The van der Waals surface area contributed by atoms with Crippen LogP contribution in [0.5, 0.6) is 0 Å². The van der Waals surface area contributed by atoms with E-state index in [1.54, 1.807) is 0 Å². The highest BCUT2D eigenvalue weighted by molar-refractivity contribution is 8.35. The predicted octanol–water partition coefficient (Wildman–Crippen LogP) is 1.49. The molecule has 0 heterocycles. The molecule has 0 fully saturated rings. The van der Waals surface area contributed by atoms with Crippen molar-refractivity contribution in [3.8, 4) is 0 Å². The van der Waals surface area contributed by atoms with Crippen molar-refractivity contribution in [2.75, 3.05) is 32.0 Å². The Kier molecular flexibility index (Phi) is 5.73. The van der Waals surface area contributed by atoms with Gasteiger partial charge in [-0.25, -0.2) is 14.2 Å². The largest absolute Gasteiger partial charge is 0.399 e. The summed E-state index contributed by atoms with van der Waals surface area (Å²) in [5.41, 5.74) is 0. The van der Waals surface area contributed by atoms with Crippen LogP contribution < -0.4 is 0 Å². The molecule has 0 saturated heterocycles. The smallest absolute Gasteiger partial charge is 0.252 e. The van der Waals surface area contributed by atoms with Gasteiger partial charge in [-0.05, 0) is 24.7 Å². The molecular formula is C8H18O4S2. The van der Waals surface area contributed by atoms with Crippen molar-refractivity contribution in [1.82, 2.24) is 0 Å². The fourth-order valence-electron chi connectivity index (χ4n) is 0.723. The van der Waals surface area contributed by atoms with Gasteiger partial charge in [0.1, 0.15) is 0 Å². The van der Waals surface area contributed by atoms with Gasteiger partial charge in [-0.15, -0.1) is 0 Å². The highest BCUT2D eigenvalue weighted by Gasteiger charge is 2.10. The van der Waals surface area contributed by atoms with E-state index in [2.05, 4.69) is 27.5 Å². The highest BCUT2D eigenvalue weighted by atomic mass is 32.3. The lowest BCUT2D eigenvalue weighted by Gasteiger charge is -2.25. The minimum atomic E-state index is -3.76. The summed E-state index contributed by atoms with van der Waals surface area (Å²) in [5.74, 6) is 0.912. The van der Waals surface area contributed by atoms with Crippen LogP contribution in [0.3, 0.4) is 0 Å². The minimum Gasteiger partial charge on any atom is -0.252 e. The Hall–Kier alpha value is -0.0400. The van der Waals surface area contributed by atoms with Gasteiger partial charge in [-0.3, -0.25) is 4.18 Å². The maximum Gasteiger partial charge on any atom is 0.399 e. The van der Waals surface area contributed by atoms with Crippen LogP contribution in [-0.4, -0.2) is 40.4 Å². The summed E-state index contributed by atoms with van der Waals surface area (Å²) < 4.78 is 30.2. The molecule has 0 aliphatic heterocycles. The third kappa shape index (κ3) is 6.42. The molecule has 0 amide bonds. The first kappa shape index (κ1) is 14.0. The Balaban J connectivity index is 3.73. The normalized spacial score (nSPS) is 13.9. The van der Waals surface area contributed by atoms with Crippen molar-refractivity contribution in [2.24, 2.45) is 0 Å². The molecular weight excluding hydrogens is 224 g/mol. The highest BCUT2D eigenvalue weighted by Crippen LogP contribution is 2.40. The van der Waals surface area contributed by atoms with Gasteiger partial charge in [0, 0.05) is 0 Å². The zero-order valence-corrected chi connectivity index (χ0v) is 10.5. The summed E-state index contributed by atoms with van der Waals surface area (Å²) in [6.45, 7) is 3.90. The second-order valence-electron chi connectivity index (χ2n) is 3.24. The molecule has 0 aliphatic carbocycles. The molecule has 0 aromatic rings. The Morgan fingerprint density at radius 3 is 2.36 bits per heavy atom. The molecule has 86 valence electrons. The molecule has 0 aliphatic rings. The molecule has 6 heteroatoms. The van der Waals surface area contributed by atoms with E-state index in [-0.39, 0.29) is 6.61 Å². The summed E-state index contributed by atoms with van der Waals surface area (Å²) >= 11 is 0. The topological polar surface area (TPSA) is 52.6 Å². The zero-order chi connectivity index (χ0) is 11.2. The summed E-state index contributed by atoms with van der Waals surface area (Å²) in [6, 6.07) is 0. The lowest BCUT2D eigenvalue weighted by atomic mass is 10.5. The predicted molar refractivity (Wildman–Crippen MR) is 61.0 cm³/mol. The van der Waals surface area contributed by atoms with E-state index in [1.165, 1.54) is 0 Å². The molecule has 0 radical (unpaired) electrons. The van der Waals surface area contributed by atoms with Crippen molar-refractivity contribution in [2.45, 2.75) is 6.42 Å². The van der Waals surface area contributed by atoms with E-state index in [0.29, 0.717) is 6.42 Å². The van der Waals surface area contributed by atoms with Crippen LogP contribution in [-0.2, 0) is 18.8 Å². The number of hydrogen-bond donors (Lipinski definition) is 0. The van der Waals surface area contributed by atoms with Gasteiger partial charge < -0.3 is 0 Å². The molecule has 0 aromatic heterocycles. The molecule has 0 bridgehead atoms. The van der Waals surface area contributed by atoms with Crippen molar-refractivity contribution >= 4 is 20.4 Å². The molecule has 0 atom stereocenters. The Bertz CT molecular complexity index is 269. The van der Waals surface area contributed by atoms with E-state index in [4.69, 9.17) is 0 Å². The van der Waals surface area contributed by atoms with Gasteiger partial charge in [0.25, 0.3) is 0 Å². The van der Waals surface area contributed by atoms with Gasteiger partial charge >= 0.3 is 10.4 Å². The Morgan fingerprint density at radius 2 is 1.93 bits per heavy atom. The van der Waals surface area contributed by atoms with Gasteiger partial charge in [0.05, 0.1) is 13.7 Å². The van der Waals surface area contributed by atoms with Gasteiger partial charge in [0.15, 0.2) is 0 Å². The molecule has 14 heavy (non-hydrogen) atoms. The van der Waals surface area contributed by atoms with Crippen LogP contribution in [0, 0.1) is 0 Å².